The smallest absolute Gasteiger partial charge is 0.148 e. The van der Waals surface area contributed by atoms with E-state index in [0.29, 0.717) is 11.7 Å². The molecule has 0 radical (unpaired) electrons. The zero-order valence-electron chi connectivity index (χ0n) is 6.08. The number of thioether (sulfide) groups is 1. The third-order valence-electron chi connectivity index (χ3n) is 2.23. The molecule has 3 nitrogen and oxygen atoms in total. The highest BCUT2D eigenvalue weighted by molar-refractivity contribution is 8.00. The van der Waals surface area contributed by atoms with Crippen LogP contribution >= 0.6 is 11.8 Å². The molecule has 0 spiro atoms. The predicted molar refractivity (Wildman–Crippen MR) is 44.7 cm³/mol. The van der Waals surface area contributed by atoms with Crippen LogP contribution in [-0.4, -0.2) is 27.4 Å². The van der Waals surface area contributed by atoms with Gasteiger partial charge in [0.15, 0.2) is 0 Å². The van der Waals surface area contributed by atoms with Crippen LogP contribution in [0.25, 0.3) is 0 Å². The minimum atomic E-state index is 0.00810. The van der Waals surface area contributed by atoms with Crippen molar-refractivity contribution in [2.45, 2.75) is 24.1 Å². The van der Waals surface area contributed by atoms with Gasteiger partial charge in [0, 0.05) is 17.5 Å². The predicted octanol–water partition coefficient (Wildman–Crippen LogP) is 1.14. The number of fused-ring (bicyclic) bond motifs is 1. The highest BCUT2D eigenvalue weighted by Gasteiger charge is 2.35. The standard InChI is InChI=1S/C7H11NO2S/c9-4-1-2-5-6(7(4)10)8-3-11-5/h5-6,8-10H,1-3H2. The Kier molecular flexibility index (Phi) is 1.73. The lowest BCUT2D eigenvalue weighted by Gasteiger charge is -2.23. The molecule has 0 aromatic heterocycles. The Morgan fingerprint density at radius 2 is 2.27 bits per heavy atom. The van der Waals surface area contributed by atoms with Crippen molar-refractivity contribution in [3.8, 4) is 0 Å². The quantitative estimate of drug-likeness (QED) is 0.514. The zero-order valence-corrected chi connectivity index (χ0v) is 6.90. The van der Waals surface area contributed by atoms with Gasteiger partial charge in [0.2, 0.25) is 0 Å². The van der Waals surface area contributed by atoms with Gasteiger partial charge in [-0.2, -0.15) is 0 Å². The highest BCUT2D eigenvalue weighted by Crippen LogP contribution is 2.34. The van der Waals surface area contributed by atoms with Gasteiger partial charge >= 0.3 is 0 Å². The Morgan fingerprint density at radius 1 is 1.45 bits per heavy atom. The molecule has 1 heterocycles. The summed E-state index contributed by atoms with van der Waals surface area (Å²) in [6.07, 6.45) is 1.60. The molecule has 0 amide bonds. The molecule has 1 aliphatic heterocycles. The van der Waals surface area contributed by atoms with Gasteiger partial charge in [0.25, 0.3) is 0 Å². The number of hydrogen-bond donors (Lipinski definition) is 3. The molecular formula is C7H11NO2S. The van der Waals surface area contributed by atoms with Crippen LogP contribution in [0.15, 0.2) is 11.5 Å². The summed E-state index contributed by atoms with van der Waals surface area (Å²) >= 11 is 1.82. The number of allylic oxidation sites excluding steroid dienone is 1. The Balaban J connectivity index is 2.23. The van der Waals surface area contributed by atoms with Crippen molar-refractivity contribution >= 4 is 11.8 Å². The first kappa shape index (κ1) is 7.31. The van der Waals surface area contributed by atoms with Gasteiger partial charge in [-0.05, 0) is 6.42 Å². The minimum absolute atomic E-state index is 0.00810. The second kappa shape index (κ2) is 2.60. The van der Waals surface area contributed by atoms with Crippen molar-refractivity contribution in [1.82, 2.24) is 5.32 Å². The van der Waals surface area contributed by atoms with Crippen LogP contribution in [0.5, 0.6) is 0 Å². The molecule has 1 saturated heterocycles. The summed E-state index contributed by atoms with van der Waals surface area (Å²) in [5, 5.41) is 22.2. The van der Waals surface area contributed by atoms with Gasteiger partial charge in [-0.1, -0.05) is 0 Å². The van der Waals surface area contributed by atoms with Crippen LogP contribution in [0.3, 0.4) is 0 Å². The monoisotopic (exact) mass is 173 g/mol. The largest absolute Gasteiger partial charge is 0.509 e. The summed E-state index contributed by atoms with van der Waals surface area (Å²) in [5.41, 5.74) is 0. The zero-order chi connectivity index (χ0) is 7.84. The topological polar surface area (TPSA) is 52.5 Å². The Morgan fingerprint density at radius 3 is 3.09 bits per heavy atom. The van der Waals surface area contributed by atoms with Crippen molar-refractivity contribution in [1.29, 1.82) is 0 Å². The van der Waals surface area contributed by atoms with Crippen LogP contribution < -0.4 is 5.32 Å². The molecular weight excluding hydrogens is 162 g/mol. The minimum Gasteiger partial charge on any atom is -0.509 e. The van der Waals surface area contributed by atoms with E-state index in [1.165, 1.54) is 0 Å². The summed E-state index contributed by atoms with van der Waals surface area (Å²) in [4.78, 5) is 0. The summed E-state index contributed by atoms with van der Waals surface area (Å²) in [6, 6.07) is 0.00810. The number of rotatable bonds is 0. The van der Waals surface area contributed by atoms with Gasteiger partial charge in [-0.15, -0.1) is 11.8 Å². The fraction of sp³-hybridized carbons (Fsp3) is 0.714. The van der Waals surface area contributed by atoms with Crippen molar-refractivity contribution < 1.29 is 10.2 Å². The van der Waals surface area contributed by atoms with Crippen molar-refractivity contribution in [3.63, 3.8) is 0 Å². The van der Waals surface area contributed by atoms with Gasteiger partial charge in [-0.25, -0.2) is 0 Å². The third kappa shape index (κ3) is 1.10. The molecule has 2 rings (SSSR count). The fourth-order valence-corrected chi connectivity index (χ4v) is 2.77. The molecule has 0 saturated carbocycles. The van der Waals surface area contributed by atoms with Gasteiger partial charge in [-0.3, -0.25) is 5.32 Å². The van der Waals surface area contributed by atoms with Gasteiger partial charge < -0.3 is 10.2 Å². The maximum Gasteiger partial charge on any atom is 0.148 e. The van der Waals surface area contributed by atoms with E-state index in [2.05, 4.69) is 5.32 Å². The first-order chi connectivity index (χ1) is 5.29. The molecule has 0 bridgehead atoms. The fourth-order valence-electron chi connectivity index (χ4n) is 1.58. The Bertz CT molecular complexity index is 205. The molecule has 4 heteroatoms. The lowest BCUT2D eigenvalue weighted by atomic mass is 9.99. The van der Waals surface area contributed by atoms with Crippen LogP contribution in [0.4, 0.5) is 0 Å². The summed E-state index contributed by atoms with van der Waals surface area (Å²) in [7, 11) is 0. The summed E-state index contributed by atoms with van der Waals surface area (Å²) < 4.78 is 0. The van der Waals surface area contributed by atoms with E-state index in [1.54, 1.807) is 0 Å². The average molecular weight is 173 g/mol. The van der Waals surface area contributed by atoms with Crippen LogP contribution in [0, 0.1) is 0 Å². The van der Waals surface area contributed by atoms with Crippen molar-refractivity contribution in [2.24, 2.45) is 0 Å². The second-order valence-electron chi connectivity index (χ2n) is 2.90. The Labute approximate surface area is 69.5 Å². The number of nitrogens with one attached hydrogen (secondary N) is 1. The first-order valence-corrected chi connectivity index (χ1v) is 4.80. The molecule has 62 valence electrons. The molecule has 2 atom stereocenters. The molecule has 0 aromatic rings. The van der Waals surface area contributed by atoms with Gasteiger partial charge in [0.05, 0.1) is 6.04 Å². The molecule has 1 aliphatic carbocycles. The number of aliphatic hydroxyl groups is 2. The molecule has 2 unspecified atom stereocenters. The second-order valence-corrected chi connectivity index (χ2v) is 4.13. The van der Waals surface area contributed by atoms with E-state index >= 15 is 0 Å². The third-order valence-corrected chi connectivity index (χ3v) is 3.50. The summed E-state index contributed by atoms with van der Waals surface area (Å²) in [5.74, 6) is 1.21. The molecule has 11 heavy (non-hydrogen) atoms. The normalized spacial score (nSPS) is 37.5. The first-order valence-electron chi connectivity index (χ1n) is 3.75. The number of aliphatic hydroxyl groups excluding tert-OH is 2. The molecule has 3 N–H and O–H groups in total. The maximum absolute atomic E-state index is 9.40. The SMILES string of the molecule is OC1=C(O)C2NCSC2CC1. The average Bonchev–Trinajstić information content (AvgIpc) is 2.45. The lowest BCUT2D eigenvalue weighted by molar-refractivity contribution is 0.254. The molecule has 2 aliphatic rings. The van der Waals surface area contributed by atoms with Crippen LogP contribution in [-0.2, 0) is 0 Å². The van der Waals surface area contributed by atoms with E-state index < -0.39 is 0 Å². The Hall–Kier alpha value is -0.350. The lowest BCUT2D eigenvalue weighted by Crippen LogP contribution is -2.35. The van der Waals surface area contributed by atoms with E-state index in [0.717, 1.165) is 12.3 Å². The van der Waals surface area contributed by atoms with Crippen LogP contribution in [0.1, 0.15) is 12.8 Å². The van der Waals surface area contributed by atoms with Crippen molar-refractivity contribution in [3.05, 3.63) is 11.5 Å². The van der Waals surface area contributed by atoms with Crippen molar-refractivity contribution in [2.75, 3.05) is 5.88 Å². The maximum atomic E-state index is 9.40. The van der Waals surface area contributed by atoms with E-state index in [9.17, 15) is 10.2 Å². The number of hydrogen-bond acceptors (Lipinski definition) is 4. The highest BCUT2D eigenvalue weighted by atomic mass is 32.2. The van der Waals surface area contributed by atoms with Gasteiger partial charge in [0.1, 0.15) is 11.5 Å². The molecule has 1 fully saturated rings. The van der Waals surface area contributed by atoms with E-state index in [-0.39, 0.29) is 17.6 Å². The van der Waals surface area contributed by atoms with E-state index in [1.807, 2.05) is 11.8 Å². The summed E-state index contributed by atoms with van der Waals surface area (Å²) in [6.45, 7) is 0. The molecule has 0 aromatic carbocycles. The van der Waals surface area contributed by atoms with E-state index in [4.69, 9.17) is 0 Å². The van der Waals surface area contributed by atoms with Crippen LogP contribution in [0.2, 0.25) is 0 Å².